The van der Waals surface area contributed by atoms with Gasteiger partial charge >= 0.3 is 5.97 Å². The normalized spacial score (nSPS) is 10.9. The molecule has 2 rings (SSSR count). The number of rotatable bonds is 5. The number of amides is 2. The zero-order chi connectivity index (χ0) is 21.8. The molecule has 2 aromatic carbocycles. The van der Waals surface area contributed by atoms with Gasteiger partial charge in [-0.05, 0) is 35.2 Å². The highest BCUT2D eigenvalue weighted by molar-refractivity contribution is 6.31. The summed E-state index contributed by atoms with van der Waals surface area (Å²) in [5.74, 6) is -2.62. The Labute approximate surface area is 172 Å². The summed E-state index contributed by atoms with van der Waals surface area (Å²) in [6.45, 7) is 5.31. The summed E-state index contributed by atoms with van der Waals surface area (Å²) in [4.78, 5) is 46.3. The van der Waals surface area contributed by atoms with Crippen molar-refractivity contribution in [3.63, 3.8) is 0 Å². The number of nitrogens with one attached hydrogen (secondary N) is 1. The minimum atomic E-state index is -1.10. The first-order valence-corrected chi connectivity index (χ1v) is 8.92. The van der Waals surface area contributed by atoms with Gasteiger partial charge in [-0.3, -0.25) is 25.0 Å². The molecule has 0 bridgehead atoms. The molecule has 9 heteroatoms. The Hall–Kier alpha value is -3.26. The number of carbonyl (C=O) groups excluding carboxylic acids is 3. The van der Waals surface area contributed by atoms with E-state index in [0.29, 0.717) is 0 Å². The van der Waals surface area contributed by atoms with Gasteiger partial charge in [0.05, 0.1) is 4.92 Å². The molecule has 152 valence electrons. The van der Waals surface area contributed by atoms with E-state index in [1.807, 2.05) is 20.8 Å². The molecule has 0 aromatic heterocycles. The molecule has 29 heavy (non-hydrogen) atoms. The summed E-state index contributed by atoms with van der Waals surface area (Å²) in [6, 6.07) is 10.1. The second kappa shape index (κ2) is 8.83. The summed E-state index contributed by atoms with van der Waals surface area (Å²) < 4.78 is 4.77. The number of nitrogens with zero attached hydrogens (tertiary/aromatic N) is 1. The van der Waals surface area contributed by atoms with Crippen LogP contribution in [0.3, 0.4) is 0 Å². The molecule has 2 amide bonds. The molecular formula is C20H19ClN2O6. The van der Waals surface area contributed by atoms with Crippen molar-refractivity contribution in [2.75, 3.05) is 6.61 Å². The standard InChI is InChI=1S/C20H19ClN2O6/c1-20(2,3)13-6-4-12(5-7-13)18(25)22-17(24)11-29-19(26)15-10-14(21)8-9-16(15)23(27)28/h4-10H,11H2,1-3H3,(H,22,24,25). The van der Waals surface area contributed by atoms with Crippen LogP contribution in [0, 0.1) is 10.1 Å². The molecule has 1 N–H and O–H groups in total. The van der Waals surface area contributed by atoms with Crippen LogP contribution in [0.25, 0.3) is 0 Å². The maximum atomic E-state index is 12.1. The summed E-state index contributed by atoms with van der Waals surface area (Å²) in [5, 5.41) is 13.2. The minimum Gasteiger partial charge on any atom is -0.452 e. The quantitative estimate of drug-likeness (QED) is 0.450. The van der Waals surface area contributed by atoms with Crippen LogP contribution in [0.2, 0.25) is 5.02 Å². The lowest BCUT2D eigenvalue weighted by atomic mass is 9.87. The molecule has 0 heterocycles. The summed E-state index contributed by atoms with van der Waals surface area (Å²) in [6.07, 6.45) is 0. The Morgan fingerprint density at radius 3 is 2.28 bits per heavy atom. The number of halogens is 1. The van der Waals surface area contributed by atoms with E-state index in [2.05, 4.69) is 5.32 Å². The topological polar surface area (TPSA) is 116 Å². The molecule has 0 atom stereocenters. The second-order valence-electron chi connectivity index (χ2n) is 7.20. The number of imide groups is 1. The van der Waals surface area contributed by atoms with Crippen molar-refractivity contribution in [2.45, 2.75) is 26.2 Å². The average Bonchev–Trinajstić information content (AvgIpc) is 2.65. The van der Waals surface area contributed by atoms with Crippen LogP contribution in [0.5, 0.6) is 0 Å². The van der Waals surface area contributed by atoms with E-state index >= 15 is 0 Å². The second-order valence-corrected chi connectivity index (χ2v) is 7.64. The highest BCUT2D eigenvalue weighted by atomic mass is 35.5. The van der Waals surface area contributed by atoms with Gasteiger partial charge in [0.1, 0.15) is 5.56 Å². The lowest BCUT2D eigenvalue weighted by molar-refractivity contribution is -0.385. The van der Waals surface area contributed by atoms with Crippen molar-refractivity contribution in [1.82, 2.24) is 5.32 Å². The zero-order valence-electron chi connectivity index (χ0n) is 16.0. The summed E-state index contributed by atoms with van der Waals surface area (Å²) in [7, 11) is 0. The Balaban J connectivity index is 1.98. The lowest BCUT2D eigenvalue weighted by Gasteiger charge is -2.19. The van der Waals surface area contributed by atoms with Crippen LogP contribution >= 0.6 is 11.6 Å². The van der Waals surface area contributed by atoms with Crippen LogP contribution in [0.4, 0.5) is 5.69 Å². The molecule has 0 unspecified atom stereocenters. The number of carbonyl (C=O) groups is 3. The molecule has 0 saturated heterocycles. The third-order valence-corrected chi connectivity index (χ3v) is 4.21. The Bertz CT molecular complexity index is 964. The van der Waals surface area contributed by atoms with Crippen molar-refractivity contribution in [3.05, 3.63) is 74.3 Å². The van der Waals surface area contributed by atoms with Gasteiger partial charge in [0, 0.05) is 16.7 Å². The van der Waals surface area contributed by atoms with Gasteiger partial charge in [-0.2, -0.15) is 0 Å². The predicted molar refractivity (Wildman–Crippen MR) is 106 cm³/mol. The Morgan fingerprint density at radius 2 is 1.72 bits per heavy atom. The van der Waals surface area contributed by atoms with Crippen molar-refractivity contribution >= 4 is 35.1 Å². The largest absolute Gasteiger partial charge is 0.452 e. The fraction of sp³-hybridized carbons (Fsp3) is 0.250. The molecule has 0 radical (unpaired) electrons. The fourth-order valence-corrected chi connectivity index (χ4v) is 2.57. The van der Waals surface area contributed by atoms with E-state index < -0.39 is 35.0 Å². The predicted octanol–water partition coefficient (Wildman–Crippen LogP) is 3.66. The molecule has 0 fully saturated rings. The van der Waals surface area contributed by atoms with Crippen LogP contribution in [-0.4, -0.2) is 29.3 Å². The molecule has 0 saturated carbocycles. The molecule has 0 spiro atoms. The SMILES string of the molecule is CC(C)(C)c1ccc(C(=O)NC(=O)COC(=O)c2cc(Cl)ccc2[N+](=O)[O-])cc1. The number of esters is 1. The maximum Gasteiger partial charge on any atom is 0.345 e. The molecular weight excluding hydrogens is 400 g/mol. The van der Waals surface area contributed by atoms with Crippen LogP contribution in [-0.2, 0) is 14.9 Å². The monoisotopic (exact) mass is 418 g/mol. The van der Waals surface area contributed by atoms with Gasteiger partial charge < -0.3 is 4.74 Å². The van der Waals surface area contributed by atoms with Crippen molar-refractivity contribution in [3.8, 4) is 0 Å². The lowest BCUT2D eigenvalue weighted by Crippen LogP contribution is -2.34. The van der Waals surface area contributed by atoms with Crippen molar-refractivity contribution < 1.29 is 24.0 Å². The smallest absolute Gasteiger partial charge is 0.345 e. The zero-order valence-corrected chi connectivity index (χ0v) is 16.8. The Kier molecular flexibility index (Phi) is 6.71. The van der Waals surface area contributed by atoms with E-state index in [9.17, 15) is 24.5 Å². The highest BCUT2D eigenvalue weighted by Crippen LogP contribution is 2.24. The number of hydrogen-bond acceptors (Lipinski definition) is 6. The van der Waals surface area contributed by atoms with E-state index in [-0.39, 0.29) is 21.6 Å². The van der Waals surface area contributed by atoms with Gasteiger partial charge in [0.25, 0.3) is 17.5 Å². The van der Waals surface area contributed by atoms with E-state index in [1.54, 1.807) is 24.3 Å². The Morgan fingerprint density at radius 1 is 1.10 bits per heavy atom. The first kappa shape index (κ1) is 22.0. The average molecular weight is 419 g/mol. The van der Waals surface area contributed by atoms with Gasteiger partial charge in [-0.1, -0.05) is 44.5 Å². The van der Waals surface area contributed by atoms with E-state index in [4.69, 9.17) is 16.3 Å². The minimum absolute atomic E-state index is 0.0814. The number of nitro benzene ring substituents is 1. The van der Waals surface area contributed by atoms with E-state index in [1.165, 1.54) is 6.07 Å². The maximum absolute atomic E-state index is 12.1. The third-order valence-electron chi connectivity index (χ3n) is 3.98. The number of nitro groups is 1. The van der Waals surface area contributed by atoms with Crippen molar-refractivity contribution in [1.29, 1.82) is 0 Å². The summed E-state index contributed by atoms with van der Waals surface area (Å²) in [5.41, 5.74) is 0.317. The van der Waals surface area contributed by atoms with E-state index in [0.717, 1.165) is 17.7 Å². The van der Waals surface area contributed by atoms with Gasteiger partial charge in [0.15, 0.2) is 6.61 Å². The molecule has 8 nitrogen and oxygen atoms in total. The van der Waals surface area contributed by atoms with Gasteiger partial charge in [-0.25, -0.2) is 4.79 Å². The molecule has 0 aliphatic rings. The van der Waals surface area contributed by atoms with Gasteiger partial charge in [0.2, 0.25) is 0 Å². The first-order valence-electron chi connectivity index (χ1n) is 8.55. The van der Waals surface area contributed by atoms with Crippen LogP contribution in [0.15, 0.2) is 42.5 Å². The van der Waals surface area contributed by atoms with Crippen LogP contribution < -0.4 is 5.32 Å². The molecule has 2 aromatic rings. The number of hydrogen-bond donors (Lipinski definition) is 1. The number of ether oxygens (including phenoxy) is 1. The highest BCUT2D eigenvalue weighted by Gasteiger charge is 2.23. The summed E-state index contributed by atoms with van der Waals surface area (Å²) >= 11 is 5.75. The van der Waals surface area contributed by atoms with Crippen LogP contribution in [0.1, 0.15) is 47.1 Å². The number of benzene rings is 2. The van der Waals surface area contributed by atoms with Gasteiger partial charge in [-0.15, -0.1) is 0 Å². The first-order chi connectivity index (χ1) is 13.5. The van der Waals surface area contributed by atoms with Crippen molar-refractivity contribution in [2.24, 2.45) is 0 Å². The third kappa shape index (κ3) is 5.86. The molecule has 0 aliphatic carbocycles. The fourth-order valence-electron chi connectivity index (χ4n) is 2.40. The molecule has 0 aliphatic heterocycles.